The SMILES string of the molecule is CC(C)Oc1ccc2[nH]c(CO)cc2c1. The number of aromatic amines is 1. The van der Waals surface area contributed by atoms with Crippen molar-refractivity contribution in [2.24, 2.45) is 0 Å². The lowest BCUT2D eigenvalue weighted by atomic mass is 10.2. The number of ether oxygens (including phenoxy) is 1. The summed E-state index contributed by atoms with van der Waals surface area (Å²) < 4.78 is 5.59. The Morgan fingerprint density at radius 2 is 2.13 bits per heavy atom. The van der Waals surface area contributed by atoms with Gasteiger partial charge in [0.2, 0.25) is 0 Å². The molecule has 0 bridgehead atoms. The number of H-pyrrole nitrogens is 1. The van der Waals surface area contributed by atoms with Gasteiger partial charge in [-0.15, -0.1) is 0 Å². The Labute approximate surface area is 88.7 Å². The molecule has 0 aliphatic carbocycles. The molecule has 1 aromatic carbocycles. The second-order valence-corrected chi connectivity index (χ2v) is 3.87. The van der Waals surface area contributed by atoms with E-state index in [1.807, 2.05) is 38.1 Å². The van der Waals surface area contributed by atoms with Crippen LogP contribution in [0.15, 0.2) is 24.3 Å². The number of hydrogen-bond acceptors (Lipinski definition) is 2. The van der Waals surface area contributed by atoms with Gasteiger partial charge >= 0.3 is 0 Å². The normalized spacial score (nSPS) is 11.2. The minimum absolute atomic E-state index is 0.0368. The van der Waals surface area contributed by atoms with E-state index in [0.717, 1.165) is 22.3 Å². The molecule has 0 radical (unpaired) electrons. The molecule has 0 fully saturated rings. The molecule has 0 saturated heterocycles. The summed E-state index contributed by atoms with van der Waals surface area (Å²) in [6, 6.07) is 7.81. The van der Waals surface area contributed by atoms with Crippen LogP contribution in [0.3, 0.4) is 0 Å². The summed E-state index contributed by atoms with van der Waals surface area (Å²) in [7, 11) is 0. The molecule has 15 heavy (non-hydrogen) atoms. The van der Waals surface area contributed by atoms with Gasteiger partial charge in [-0.1, -0.05) is 0 Å². The molecule has 1 aromatic heterocycles. The van der Waals surface area contributed by atoms with E-state index in [4.69, 9.17) is 9.84 Å². The quantitative estimate of drug-likeness (QED) is 0.808. The molecule has 0 aliphatic heterocycles. The van der Waals surface area contributed by atoms with Crippen LogP contribution in [0.25, 0.3) is 10.9 Å². The lowest BCUT2D eigenvalue weighted by Crippen LogP contribution is -2.04. The summed E-state index contributed by atoms with van der Waals surface area (Å²) in [5.74, 6) is 0.862. The van der Waals surface area contributed by atoms with Crippen LogP contribution in [-0.4, -0.2) is 16.2 Å². The molecule has 3 nitrogen and oxygen atoms in total. The smallest absolute Gasteiger partial charge is 0.120 e. The zero-order valence-corrected chi connectivity index (χ0v) is 8.95. The highest BCUT2D eigenvalue weighted by Gasteiger charge is 2.02. The van der Waals surface area contributed by atoms with Crippen LogP contribution in [0, 0.1) is 0 Å². The Kier molecular flexibility index (Phi) is 2.64. The first-order valence-corrected chi connectivity index (χ1v) is 5.08. The maximum absolute atomic E-state index is 8.99. The van der Waals surface area contributed by atoms with Crippen molar-refractivity contribution in [3.63, 3.8) is 0 Å². The number of rotatable bonds is 3. The Balaban J connectivity index is 2.37. The van der Waals surface area contributed by atoms with Gasteiger partial charge in [0.15, 0.2) is 0 Å². The van der Waals surface area contributed by atoms with Gasteiger partial charge in [0.1, 0.15) is 5.75 Å². The Morgan fingerprint density at radius 3 is 2.80 bits per heavy atom. The lowest BCUT2D eigenvalue weighted by Gasteiger charge is -2.08. The van der Waals surface area contributed by atoms with E-state index in [0.29, 0.717) is 0 Å². The zero-order chi connectivity index (χ0) is 10.8. The molecule has 2 aromatic rings. The Morgan fingerprint density at radius 1 is 1.33 bits per heavy atom. The van der Waals surface area contributed by atoms with Crippen LogP contribution in [0.2, 0.25) is 0 Å². The molecule has 0 aliphatic rings. The zero-order valence-electron chi connectivity index (χ0n) is 8.95. The summed E-state index contributed by atoms with van der Waals surface area (Å²) in [5, 5.41) is 10.1. The standard InChI is InChI=1S/C12H15NO2/c1-8(2)15-11-3-4-12-9(6-11)5-10(7-14)13-12/h3-6,8,13-14H,7H2,1-2H3. The van der Waals surface area contributed by atoms with E-state index in [1.165, 1.54) is 0 Å². The van der Waals surface area contributed by atoms with Crippen molar-refractivity contribution in [3.05, 3.63) is 30.0 Å². The maximum Gasteiger partial charge on any atom is 0.120 e. The van der Waals surface area contributed by atoms with Crippen LogP contribution >= 0.6 is 0 Å². The van der Waals surface area contributed by atoms with Crippen molar-refractivity contribution in [2.45, 2.75) is 26.6 Å². The topological polar surface area (TPSA) is 45.2 Å². The fourth-order valence-electron chi connectivity index (χ4n) is 1.60. The number of nitrogens with one attached hydrogen (secondary N) is 1. The van der Waals surface area contributed by atoms with E-state index >= 15 is 0 Å². The molecule has 3 heteroatoms. The van der Waals surface area contributed by atoms with Crippen LogP contribution in [0.1, 0.15) is 19.5 Å². The van der Waals surface area contributed by atoms with Crippen LogP contribution < -0.4 is 4.74 Å². The van der Waals surface area contributed by atoms with Gasteiger partial charge in [-0.2, -0.15) is 0 Å². The molecule has 2 rings (SSSR count). The van der Waals surface area contributed by atoms with Crippen molar-refractivity contribution in [1.82, 2.24) is 4.98 Å². The predicted molar refractivity (Wildman–Crippen MR) is 60.0 cm³/mol. The van der Waals surface area contributed by atoms with Gasteiger partial charge in [-0.05, 0) is 38.1 Å². The minimum atomic E-state index is 0.0368. The summed E-state index contributed by atoms with van der Waals surface area (Å²) in [6.07, 6.45) is 0.179. The molecular formula is C12H15NO2. The highest BCUT2D eigenvalue weighted by atomic mass is 16.5. The van der Waals surface area contributed by atoms with Crippen molar-refractivity contribution < 1.29 is 9.84 Å². The lowest BCUT2D eigenvalue weighted by molar-refractivity contribution is 0.243. The molecule has 80 valence electrons. The monoisotopic (exact) mass is 205 g/mol. The molecular weight excluding hydrogens is 190 g/mol. The third-order valence-electron chi connectivity index (χ3n) is 2.19. The van der Waals surface area contributed by atoms with Gasteiger partial charge in [-0.3, -0.25) is 0 Å². The summed E-state index contributed by atoms with van der Waals surface area (Å²) >= 11 is 0. The molecule has 0 saturated carbocycles. The van der Waals surface area contributed by atoms with E-state index in [-0.39, 0.29) is 12.7 Å². The largest absolute Gasteiger partial charge is 0.491 e. The average Bonchev–Trinajstić information content (AvgIpc) is 2.58. The first-order chi connectivity index (χ1) is 7.19. The molecule has 0 spiro atoms. The van der Waals surface area contributed by atoms with Gasteiger partial charge in [0.25, 0.3) is 0 Å². The van der Waals surface area contributed by atoms with Gasteiger partial charge in [-0.25, -0.2) is 0 Å². The molecule has 0 atom stereocenters. The maximum atomic E-state index is 8.99. The predicted octanol–water partition coefficient (Wildman–Crippen LogP) is 2.45. The summed E-state index contributed by atoms with van der Waals surface area (Å²) in [4.78, 5) is 3.12. The number of aromatic nitrogens is 1. The van der Waals surface area contributed by atoms with Gasteiger partial charge < -0.3 is 14.8 Å². The van der Waals surface area contributed by atoms with Crippen LogP contribution in [0.4, 0.5) is 0 Å². The highest BCUT2D eigenvalue weighted by molar-refractivity contribution is 5.81. The fraction of sp³-hybridized carbons (Fsp3) is 0.333. The second-order valence-electron chi connectivity index (χ2n) is 3.87. The minimum Gasteiger partial charge on any atom is -0.491 e. The second kappa shape index (κ2) is 3.95. The van der Waals surface area contributed by atoms with Crippen molar-refractivity contribution in [1.29, 1.82) is 0 Å². The van der Waals surface area contributed by atoms with Crippen molar-refractivity contribution in [2.75, 3.05) is 0 Å². The summed E-state index contributed by atoms with van der Waals surface area (Å²) in [6.45, 7) is 4.04. The third kappa shape index (κ3) is 2.13. The average molecular weight is 205 g/mol. The first-order valence-electron chi connectivity index (χ1n) is 5.08. The first kappa shape index (κ1) is 10.1. The van der Waals surface area contributed by atoms with Crippen LogP contribution in [-0.2, 0) is 6.61 Å². The number of hydrogen-bond donors (Lipinski definition) is 2. The number of aliphatic hydroxyl groups is 1. The number of fused-ring (bicyclic) bond motifs is 1. The Hall–Kier alpha value is -1.48. The van der Waals surface area contributed by atoms with E-state index in [2.05, 4.69) is 4.98 Å². The van der Waals surface area contributed by atoms with Crippen molar-refractivity contribution >= 4 is 10.9 Å². The molecule has 2 N–H and O–H groups in total. The van der Waals surface area contributed by atoms with Crippen molar-refractivity contribution in [3.8, 4) is 5.75 Å². The highest BCUT2D eigenvalue weighted by Crippen LogP contribution is 2.22. The summed E-state index contributed by atoms with van der Waals surface area (Å²) in [5.41, 5.74) is 1.85. The van der Waals surface area contributed by atoms with Gasteiger partial charge in [0, 0.05) is 16.6 Å². The number of aliphatic hydroxyl groups excluding tert-OH is 1. The molecule has 0 amide bonds. The number of benzene rings is 1. The van der Waals surface area contributed by atoms with Crippen LogP contribution in [0.5, 0.6) is 5.75 Å². The Bertz CT molecular complexity index is 460. The third-order valence-corrected chi connectivity index (χ3v) is 2.19. The molecule has 0 unspecified atom stereocenters. The van der Waals surface area contributed by atoms with E-state index in [9.17, 15) is 0 Å². The fourth-order valence-corrected chi connectivity index (χ4v) is 1.60. The molecule has 1 heterocycles. The van der Waals surface area contributed by atoms with E-state index in [1.54, 1.807) is 0 Å². The van der Waals surface area contributed by atoms with Gasteiger partial charge in [0.05, 0.1) is 12.7 Å². The van der Waals surface area contributed by atoms with E-state index < -0.39 is 0 Å².